The highest BCUT2D eigenvalue weighted by Gasteiger charge is 1.88. The van der Waals surface area contributed by atoms with E-state index in [0.29, 0.717) is 5.71 Å². The van der Waals surface area contributed by atoms with E-state index in [1.807, 2.05) is 19.9 Å². The first-order valence-corrected chi connectivity index (χ1v) is 4.44. The van der Waals surface area contributed by atoms with Gasteiger partial charge in [-0.2, -0.15) is 4.39 Å². The van der Waals surface area contributed by atoms with Gasteiger partial charge >= 0.3 is 0 Å². The predicted octanol–water partition coefficient (Wildman–Crippen LogP) is 3.97. The molecule has 0 saturated carbocycles. The molecule has 0 rings (SSSR count). The summed E-state index contributed by atoms with van der Waals surface area (Å²) in [5.74, 6) is -0.498. The first-order chi connectivity index (χ1) is 6.60. The minimum absolute atomic E-state index is 0.498. The quantitative estimate of drug-likeness (QED) is 0.364. The molecule has 0 atom stereocenters. The smallest absolute Gasteiger partial charge is 0.213 e. The van der Waals surface area contributed by atoms with Gasteiger partial charge in [0.05, 0.1) is 0 Å². The molecule has 0 unspecified atom stereocenters. The van der Waals surface area contributed by atoms with E-state index in [1.165, 1.54) is 6.08 Å². The second-order valence-electron chi connectivity index (χ2n) is 2.86. The van der Waals surface area contributed by atoms with E-state index in [4.69, 9.17) is 0 Å². The molecule has 2 heteroatoms. The highest BCUT2D eigenvalue weighted by molar-refractivity contribution is 5.93. The van der Waals surface area contributed by atoms with Gasteiger partial charge in [-0.15, -0.1) is 0 Å². The summed E-state index contributed by atoms with van der Waals surface area (Å²) >= 11 is 0. The molecule has 0 saturated heterocycles. The van der Waals surface area contributed by atoms with Gasteiger partial charge in [-0.25, -0.2) is 4.99 Å². The van der Waals surface area contributed by atoms with Crippen molar-refractivity contribution in [2.75, 3.05) is 0 Å². The zero-order chi connectivity index (χ0) is 11.0. The lowest BCUT2D eigenvalue weighted by atomic mass is 10.3. The molecule has 0 spiro atoms. The lowest BCUT2D eigenvalue weighted by molar-refractivity contribution is 0.628. The molecule has 0 radical (unpaired) electrons. The van der Waals surface area contributed by atoms with E-state index in [-0.39, 0.29) is 0 Å². The summed E-state index contributed by atoms with van der Waals surface area (Å²) in [5.41, 5.74) is 1.55. The number of allylic oxidation sites excluding steroid dienone is 6. The standard InChI is InChI=1S/C12H16FN/c1-5-7-11(4)14-12(13)9-8-10(3)6-2/h5-9H,2H2,1,3-4H3/b7-5-,10-8+,12-9-,14-11-. The average molecular weight is 193 g/mol. The Labute approximate surface area is 85.1 Å². The fourth-order valence-corrected chi connectivity index (χ4v) is 0.752. The maximum atomic E-state index is 13.0. The molecule has 0 aromatic carbocycles. The Morgan fingerprint density at radius 1 is 1.29 bits per heavy atom. The Morgan fingerprint density at radius 2 is 1.93 bits per heavy atom. The largest absolute Gasteiger partial charge is 0.225 e. The van der Waals surface area contributed by atoms with Crippen LogP contribution in [0.1, 0.15) is 20.8 Å². The van der Waals surface area contributed by atoms with Crippen LogP contribution in [-0.4, -0.2) is 5.71 Å². The van der Waals surface area contributed by atoms with Crippen LogP contribution in [0.2, 0.25) is 0 Å². The SMILES string of the molecule is C=C/C(C)=C/C=C(F)\N=C(C)/C=C\C. The Hall–Kier alpha value is -1.44. The number of halogens is 1. The van der Waals surface area contributed by atoms with Crippen LogP contribution in [0.4, 0.5) is 4.39 Å². The summed E-state index contributed by atoms with van der Waals surface area (Å²) in [6, 6.07) is 0. The fourth-order valence-electron chi connectivity index (χ4n) is 0.752. The number of hydrogen-bond donors (Lipinski definition) is 0. The van der Waals surface area contributed by atoms with Crippen molar-refractivity contribution in [1.29, 1.82) is 0 Å². The summed E-state index contributed by atoms with van der Waals surface area (Å²) in [7, 11) is 0. The van der Waals surface area contributed by atoms with E-state index < -0.39 is 5.95 Å². The first-order valence-electron chi connectivity index (χ1n) is 4.44. The van der Waals surface area contributed by atoms with Gasteiger partial charge in [0, 0.05) is 5.71 Å². The van der Waals surface area contributed by atoms with Gasteiger partial charge in [0.1, 0.15) is 0 Å². The molecular formula is C12H16FN. The molecule has 0 heterocycles. The van der Waals surface area contributed by atoms with E-state index in [9.17, 15) is 4.39 Å². The van der Waals surface area contributed by atoms with Crippen LogP contribution in [0, 0.1) is 0 Å². The monoisotopic (exact) mass is 193 g/mol. The molecule has 0 aromatic rings. The number of nitrogens with zero attached hydrogens (tertiary/aromatic N) is 1. The molecule has 0 fully saturated rings. The van der Waals surface area contributed by atoms with Crippen molar-refractivity contribution < 1.29 is 4.39 Å². The summed E-state index contributed by atoms with van der Waals surface area (Å²) in [6.45, 7) is 9.02. The second-order valence-corrected chi connectivity index (χ2v) is 2.86. The minimum Gasteiger partial charge on any atom is -0.225 e. The van der Waals surface area contributed by atoms with Crippen LogP contribution < -0.4 is 0 Å². The molecular weight excluding hydrogens is 177 g/mol. The minimum atomic E-state index is -0.498. The number of aliphatic imine (C=N–C) groups is 1. The molecule has 14 heavy (non-hydrogen) atoms. The molecule has 0 aliphatic carbocycles. The molecule has 0 aliphatic rings. The van der Waals surface area contributed by atoms with E-state index in [0.717, 1.165) is 5.57 Å². The van der Waals surface area contributed by atoms with Crippen molar-refractivity contribution in [3.8, 4) is 0 Å². The Balaban J connectivity index is 4.55. The van der Waals surface area contributed by atoms with Gasteiger partial charge in [-0.3, -0.25) is 0 Å². The third kappa shape index (κ3) is 6.12. The summed E-state index contributed by atoms with van der Waals surface area (Å²) in [4.78, 5) is 3.72. The molecule has 1 nitrogen and oxygen atoms in total. The van der Waals surface area contributed by atoms with Crippen molar-refractivity contribution in [3.05, 3.63) is 48.5 Å². The van der Waals surface area contributed by atoms with Crippen LogP contribution in [0.25, 0.3) is 0 Å². The normalized spacial score (nSPS) is 15.0. The molecule has 0 amide bonds. The molecule has 0 bridgehead atoms. The predicted molar refractivity (Wildman–Crippen MR) is 61.1 cm³/mol. The summed E-state index contributed by atoms with van der Waals surface area (Å²) in [6.07, 6.45) is 8.18. The first kappa shape index (κ1) is 12.6. The van der Waals surface area contributed by atoms with Crippen LogP contribution in [0.15, 0.2) is 53.5 Å². The van der Waals surface area contributed by atoms with Gasteiger partial charge in [0.15, 0.2) is 0 Å². The molecule has 76 valence electrons. The van der Waals surface area contributed by atoms with Gasteiger partial charge in [-0.1, -0.05) is 30.4 Å². The van der Waals surface area contributed by atoms with Crippen LogP contribution >= 0.6 is 0 Å². The van der Waals surface area contributed by atoms with Gasteiger partial charge in [-0.05, 0) is 32.9 Å². The van der Waals surface area contributed by atoms with Gasteiger partial charge in [0.25, 0.3) is 0 Å². The molecule has 0 aromatic heterocycles. The molecule has 0 aliphatic heterocycles. The number of rotatable bonds is 4. The Morgan fingerprint density at radius 3 is 2.43 bits per heavy atom. The van der Waals surface area contributed by atoms with E-state index in [1.54, 1.807) is 25.2 Å². The van der Waals surface area contributed by atoms with Crippen LogP contribution in [0.3, 0.4) is 0 Å². The van der Waals surface area contributed by atoms with Crippen molar-refractivity contribution in [1.82, 2.24) is 0 Å². The zero-order valence-electron chi connectivity index (χ0n) is 8.92. The summed E-state index contributed by atoms with van der Waals surface area (Å²) < 4.78 is 13.0. The highest BCUT2D eigenvalue weighted by atomic mass is 19.1. The van der Waals surface area contributed by atoms with E-state index >= 15 is 0 Å². The highest BCUT2D eigenvalue weighted by Crippen LogP contribution is 2.02. The lowest BCUT2D eigenvalue weighted by Gasteiger charge is -1.90. The van der Waals surface area contributed by atoms with Crippen molar-refractivity contribution >= 4 is 5.71 Å². The van der Waals surface area contributed by atoms with Crippen molar-refractivity contribution in [3.63, 3.8) is 0 Å². The topological polar surface area (TPSA) is 12.4 Å². The number of hydrogen-bond acceptors (Lipinski definition) is 1. The van der Waals surface area contributed by atoms with E-state index in [2.05, 4.69) is 11.6 Å². The van der Waals surface area contributed by atoms with Gasteiger partial charge in [0.2, 0.25) is 5.95 Å². The Bertz CT molecular complexity index is 306. The fraction of sp³-hybridized carbons (Fsp3) is 0.250. The third-order valence-corrected chi connectivity index (χ3v) is 1.50. The molecule has 0 N–H and O–H groups in total. The second kappa shape index (κ2) is 7.01. The van der Waals surface area contributed by atoms with Crippen molar-refractivity contribution in [2.45, 2.75) is 20.8 Å². The van der Waals surface area contributed by atoms with Gasteiger partial charge < -0.3 is 0 Å². The van der Waals surface area contributed by atoms with Crippen molar-refractivity contribution in [2.24, 2.45) is 4.99 Å². The summed E-state index contributed by atoms with van der Waals surface area (Å²) in [5, 5.41) is 0. The lowest BCUT2D eigenvalue weighted by Crippen LogP contribution is -1.83. The maximum Gasteiger partial charge on any atom is 0.213 e. The third-order valence-electron chi connectivity index (χ3n) is 1.50. The van der Waals surface area contributed by atoms with Crippen LogP contribution in [-0.2, 0) is 0 Å². The average Bonchev–Trinajstić information content (AvgIpc) is 2.14. The van der Waals surface area contributed by atoms with Crippen LogP contribution in [0.5, 0.6) is 0 Å². The zero-order valence-corrected chi connectivity index (χ0v) is 8.92. The Kier molecular flexibility index (Phi) is 6.29. The maximum absolute atomic E-state index is 13.0.